The van der Waals surface area contributed by atoms with Crippen LogP contribution in [0.4, 0.5) is 16.2 Å². The number of nitrogens with one attached hydrogen (secondary N) is 1. The van der Waals surface area contributed by atoms with Crippen molar-refractivity contribution in [2.24, 2.45) is 0 Å². The van der Waals surface area contributed by atoms with E-state index in [9.17, 15) is 4.79 Å². The van der Waals surface area contributed by atoms with E-state index in [2.05, 4.69) is 5.32 Å². The zero-order valence-corrected chi connectivity index (χ0v) is 12.3. The SMILES string of the molecule is CC1(C)OCC(Nc2cccc(N3CCOC3=O)c2)CO1. The highest BCUT2D eigenvalue weighted by Gasteiger charge is 2.28. The first-order valence-electron chi connectivity index (χ1n) is 7.12. The fourth-order valence-corrected chi connectivity index (χ4v) is 2.40. The van der Waals surface area contributed by atoms with Gasteiger partial charge in [0.2, 0.25) is 0 Å². The third-order valence-corrected chi connectivity index (χ3v) is 3.55. The van der Waals surface area contributed by atoms with E-state index in [4.69, 9.17) is 14.2 Å². The molecule has 1 N–H and O–H groups in total. The van der Waals surface area contributed by atoms with Gasteiger partial charge in [-0.1, -0.05) is 6.07 Å². The van der Waals surface area contributed by atoms with Crippen LogP contribution in [0, 0.1) is 0 Å². The number of rotatable bonds is 3. The third-order valence-electron chi connectivity index (χ3n) is 3.55. The van der Waals surface area contributed by atoms with Gasteiger partial charge in [0.25, 0.3) is 0 Å². The second-order valence-corrected chi connectivity index (χ2v) is 5.68. The van der Waals surface area contributed by atoms with Crippen LogP contribution in [0.5, 0.6) is 0 Å². The van der Waals surface area contributed by atoms with E-state index in [0.29, 0.717) is 26.4 Å². The highest BCUT2D eigenvalue weighted by Crippen LogP contribution is 2.24. The number of hydrogen-bond donors (Lipinski definition) is 1. The molecule has 1 aromatic carbocycles. The summed E-state index contributed by atoms with van der Waals surface area (Å²) in [5.74, 6) is -0.515. The number of carbonyl (C=O) groups excluding carboxylic acids is 1. The summed E-state index contributed by atoms with van der Waals surface area (Å²) in [6, 6.07) is 7.81. The maximum atomic E-state index is 11.6. The molecule has 2 heterocycles. The Hall–Kier alpha value is -1.79. The van der Waals surface area contributed by atoms with E-state index in [1.165, 1.54) is 0 Å². The van der Waals surface area contributed by atoms with E-state index in [1.54, 1.807) is 4.90 Å². The molecule has 2 fully saturated rings. The van der Waals surface area contributed by atoms with Crippen LogP contribution in [-0.2, 0) is 14.2 Å². The van der Waals surface area contributed by atoms with Gasteiger partial charge in [0.15, 0.2) is 5.79 Å². The lowest BCUT2D eigenvalue weighted by molar-refractivity contribution is -0.247. The van der Waals surface area contributed by atoms with Crippen LogP contribution in [0.3, 0.4) is 0 Å². The Labute approximate surface area is 124 Å². The Kier molecular flexibility index (Phi) is 3.73. The lowest BCUT2D eigenvalue weighted by atomic mass is 10.2. The van der Waals surface area contributed by atoms with Gasteiger partial charge < -0.3 is 19.5 Å². The van der Waals surface area contributed by atoms with Crippen molar-refractivity contribution in [3.63, 3.8) is 0 Å². The van der Waals surface area contributed by atoms with Gasteiger partial charge in [0.1, 0.15) is 6.61 Å². The number of nitrogens with zero attached hydrogens (tertiary/aromatic N) is 1. The molecule has 0 spiro atoms. The Morgan fingerprint density at radius 1 is 1.29 bits per heavy atom. The van der Waals surface area contributed by atoms with E-state index in [-0.39, 0.29) is 12.1 Å². The summed E-state index contributed by atoms with van der Waals surface area (Å²) >= 11 is 0. The minimum atomic E-state index is -0.515. The minimum Gasteiger partial charge on any atom is -0.447 e. The summed E-state index contributed by atoms with van der Waals surface area (Å²) in [6.45, 7) is 6.01. The van der Waals surface area contributed by atoms with E-state index >= 15 is 0 Å². The van der Waals surface area contributed by atoms with Crippen molar-refractivity contribution in [3.8, 4) is 0 Å². The molecule has 6 nitrogen and oxygen atoms in total. The molecule has 6 heteroatoms. The van der Waals surface area contributed by atoms with Crippen LogP contribution in [0.2, 0.25) is 0 Å². The molecule has 3 rings (SSSR count). The van der Waals surface area contributed by atoms with Crippen molar-refractivity contribution in [3.05, 3.63) is 24.3 Å². The summed E-state index contributed by atoms with van der Waals surface area (Å²) in [5.41, 5.74) is 1.77. The number of carbonyl (C=O) groups is 1. The molecule has 0 saturated carbocycles. The molecule has 1 amide bonds. The van der Waals surface area contributed by atoms with Crippen LogP contribution in [0.15, 0.2) is 24.3 Å². The first-order valence-corrected chi connectivity index (χ1v) is 7.12. The molecule has 2 saturated heterocycles. The molecule has 114 valence electrons. The van der Waals surface area contributed by atoms with Crippen LogP contribution < -0.4 is 10.2 Å². The summed E-state index contributed by atoms with van der Waals surface area (Å²) < 4.78 is 16.2. The quantitative estimate of drug-likeness (QED) is 0.925. The van der Waals surface area contributed by atoms with Gasteiger partial charge in [-0.15, -0.1) is 0 Å². The average molecular weight is 292 g/mol. The summed E-state index contributed by atoms with van der Waals surface area (Å²) in [6.07, 6.45) is -0.293. The van der Waals surface area contributed by atoms with Crippen molar-refractivity contribution in [2.75, 3.05) is 36.6 Å². The number of cyclic esters (lactones) is 1. The third kappa shape index (κ3) is 3.28. The fourth-order valence-electron chi connectivity index (χ4n) is 2.40. The van der Waals surface area contributed by atoms with Crippen molar-refractivity contribution in [1.82, 2.24) is 0 Å². The van der Waals surface area contributed by atoms with Crippen LogP contribution in [0.25, 0.3) is 0 Å². The molecule has 0 unspecified atom stereocenters. The summed E-state index contributed by atoms with van der Waals surface area (Å²) in [5, 5.41) is 3.37. The zero-order chi connectivity index (χ0) is 14.9. The molecule has 2 aliphatic heterocycles. The van der Waals surface area contributed by atoms with E-state index < -0.39 is 5.79 Å². The topological polar surface area (TPSA) is 60.0 Å². The first-order chi connectivity index (χ1) is 10.0. The smallest absolute Gasteiger partial charge is 0.414 e. The summed E-state index contributed by atoms with van der Waals surface area (Å²) in [4.78, 5) is 13.2. The predicted molar refractivity (Wildman–Crippen MR) is 78.5 cm³/mol. The van der Waals surface area contributed by atoms with Crippen molar-refractivity contribution < 1.29 is 19.0 Å². The molecule has 0 aromatic heterocycles. The first kappa shape index (κ1) is 14.2. The molecule has 0 atom stereocenters. The molecule has 0 aliphatic carbocycles. The standard InChI is InChI=1S/C15H20N2O4/c1-15(2)20-9-12(10-21-15)16-11-4-3-5-13(8-11)17-6-7-19-14(17)18/h3-5,8,12,16H,6-7,9-10H2,1-2H3. The number of hydrogen-bond acceptors (Lipinski definition) is 5. The van der Waals surface area contributed by atoms with Gasteiger partial charge in [0.05, 0.1) is 25.8 Å². The largest absolute Gasteiger partial charge is 0.447 e. The monoisotopic (exact) mass is 292 g/mol. The number of anilines is 2. The van der Waals surface area contributed by atoms with Gasteiger partial charge in [0, 0.05) is 11.4 Å². The van der Waals surface area contributed by atoms with E-state index in [1.807, 2.05) is 38.1 Å². The fraction of sp³-hybridized carbons (Fsp3) is 0.533. The number of ether oxygens (including phenoxy) is 3. The number of amides is 1. The number of benzene rings is 1. The van der Waals surface area contributed by atoms with Gasteiger partial charge in [-0.2, -0.15) is 0 Å². The molecule has 0 bridgehead atoms. The molecule has 21 heavy (non-hydrogen) atoms. The molecule has 0 radical (unpaired) electrons. The maximum Gasteiger partial charge on any atom is 0.414 e. The van der Waals surface area contributed by atoms with Crippen LogP contribution >= 0.6 is 0 Å². The van der Waals surface area contributed by atoms with Crippen molar-refractivity contribution >= 4 is 17.5 Å². The maximum absolute atomic E-state index is 11.6. The second kappa shape index (κ2) is 5.54. The lowest BCUT2D eigenvalue weighted by Crippen LogP contribution is -2.45. The molecular formula is C15H20N2O4. The van der Waals surface area contributed by atoms with Gasteiger partial charge in [-0.25, -0.2) is 4.79 Å². The highest BCUT2D eigenvalue weighted by atomic mass is 16.7. The van der Waals surface area contributed by atoms with Gasteiger partial charge in [-0.3, -0.25) is 4.90 Å². The lowest BCUT2D eigenvalue weighted by Gasteiger charge is -2.35. The van der Waals surface area contributed by atoms with Crippen molar-refractivity contribution in [1.29, 1.82) is 0 Å². The Morgan fingerprint density at radius 2 is 2.05 bits per heavy atom. The zero-order valence-electron chi connectivity index (χ0n) is 12.3. The Bertz CT molecular complexity index is 522. The van der Waals surface area contributed by atoms with Crippen molar-refractivity contribution in [2.45, 2.75) is 25.7 Å². The Morgan fingerprint density at radius 3 is 2.71 bits per heavy atom. The second-order valence-electron chi connectivity index (χ2n) is 5.68. The van der Waals surface area contributed by atoms with Crippen LogP contribution in [-0.4, -0.2) is 44.3 Å². The Balaban J connectivity index is 1.65. The molecule has 1 aromatic rings. The highest BCUT2D eigenvalue weighted by molar-refractivity contribution is 5.89. The molecular weight excluding hydrogens is 272 g/mol. The van der Waals surface area contributed by atoms with Gasteiger partial charge >= 0.3 is 6.09 Å². The van der Waals surface area contributed by atoms with E-state index in [0.717, 1.165) is 11.4 Å². The normalized spacial score (nSPS) is 22.2. The average Bonchev–Trinajstić information content (AvgIpc) is 2.88. The predicted octanol–water partition coefficient (Wildman–Crippen LogP) is 2.21. The molecule has 2 aliphatic rings. The van der Waals surface area contributed by atoms with Gasteiger partial charge in [-0.05, 0) is 32.0 Å². The summed E-state index contributed by atoms with van der Waals surface area (Å²) in [7, 11) is 0. The van der Waals surface area contributed by atoms with Crippen LogP contribution in [0.1, 0.15) is 13.8 Å². The minimum absolute atomic E-state index is 0.0961.